The van der Waals surface area contributed by atoms with E-state index in [1.165, 1.54) is 42.1 Å². The highest BCUT2D eigenvalue weighted by atomic mass is 79.9. The Morgan fingerprint density at radius 2 is 1.29 bits per heavy atom. The first kappa shape index (κ1) is 14.2. The van der Waals surface area contributed by atoms with Crippen molar-refractivity contribution in [2.75, 3.05) is 0 Å². The SMILES string of the molecule is Brc1ccc(-c2cc3c4ccccc4sc3c3ccccc23)cc1. The Labute approximate surface area is 152 Å². The maximum Gasteiger partial charge on any atom is 0.0434 e. The van der Waals surface area contributed by atoms with Crippen molar-refractivity contribution in [2.45, 2.75) is 0 Å². The second-order valence-corrected chi connectivity index (χ2v) is 7.92. The summed E-state index contributed by atoms with van der Waals surface area (Å²) in [6.45, 7) is 0. The summed E-state index contributed by atoms with van der Waals surface area (Å²) in [5.74, 6) is 0. The minimum Gasteiger partial charge on any atom is -0.135 e. The van der Waals surface area contributed by atoms with E-state index in [4.69, 9.17) is 0 Å². The van der Waals surface area contributed by atoms with Gasteiger partial charge in [-0.05, 0) is 40.8 Å². The molecule has 0 saturated heterocycles. The van der Waals surface area contributed by atoms with Crippen molar-refractivity contribution in [3.8, 4) is 11.1 Å². The van der Waals surface area contributed by atoms with Crippen LogP contribution < -0.4 is 0 Å². The van der Waals surface area contributed by atoms with Gasteiger partial charge in [-0.25, -0.2) is 0 Å². The molecule has 0 nitrogen and oxygen atoms in total. The molecule has 1 aromatic heterocycles. The molecule has 0 aliphatic carbocycles. The van der Waals surface area contributed by atoms with Crippen molar-refractivity contribution in [1.82, 2.24) is 0 Å². The average molecular weight is 389 g/mol. The van der Waals surface area contributed by atoms with Crippen LogP contribution in [-0.4, -0.2) is 0 Å². The molecule has 0 unspecified atom stereocenters. The van der Waals surface area contributed by atoms with Crippen LogP contribution >= 0.6 is 27.3 Å². The molecule has 0 aliphatic rings. The quantitative estimate of drug-likeness (QED) is 0.276. The number of thiophene rings is 1. The Kier molecular flexibility index (Phi) is 3.22. The van der Waals surface area contributed by atoms with Crippen LogP contribution in [0.5, 0.6) is 0 Å². The van der Waals surface area contributed by atoms with Crippen LogP contribution in [0.2, 0.25) is 0 Å². The topological polar surface area (TPSA) is 0 Å². The van der Waals surface area contributed by atoms with Crippen LogP contribution in [-0.2, 0) is 0 Å². The zero-order valence-corrected chi connectivity index (χ0v) is 15.2. The summed E-state index contributed by atoms with van der Waals surface area (Å²) in [7, 11) is 0. The van der Waals surface area contributed by atoms with Crippen LogP contribution in [0.25, 0.3) is 42.1 Å². The Bertz CT molecular complexity index is 1200. The Morgan fingerprint density at radius 3 is 2.08 bits per heavy atom. The van der Waals surface area contributed by atoms with Crippen LogP contribution in [0.3, 0.4) is 0 Å². The lowest BCUT2D eigenvalue weighted by atomic mass is 9.96. The Morgan fingerprint density at radius 1 is 0.625 bits per heavy atom. The molecule has 5 aromatic rings. The summed E-state index contributed by atoms with van der Waals surface area (Å²) in [4.78, 5) is 0. The van der Waals surface area contributed by atoms with Gasteiger partial charge in [-0.15, -0.1) is 11.3 Å². The highest BCUT2D eigenvalue weighted by molar-refractivity contribution is 9.10. The molecule has 5 rings (SSSR count). The van der Waals surface area contributed by atoms with Gasteiger partial charge in [-0.3, -0.25) is 0 Å². The molecule has 0 bridgehead atoms. The molecule has 0 atom stereocenters. The summed E-state index contributed by atoms with van der Waals surface area (Å²) in [5.41, 5.74) is 2.56. The second-order valence-electron chi connectivity index (χ2n) is 5.95. The molecular formula is C22H13BrS. The number of hydrogen-bond acceptors (Lipinski definition) is 1. The van der Waals surface area contributed by atoms with E-state index in [0.717, 1.165) is 4.47 Å². The standard InChI is InChI=1S/C22H13BrS/c23-15-11-9-14(10-12-15)19-13-20-17-6-3-4-8-21(17)24-22(20)18-7-2-1-5-16(18)19/h1-13H. The third kappa shape index (κ3) is 2.10. The van der Waals surface area contributed by atoms with Gasteiger partial charge in [-0.1, -0.05) is 70.5 Å². The highest BCUT2D eigenvalue weighted by Gasteiger charge is 2.12. The highest BCUT2D eigenvalue weighted by Crippen LogP contribution is 2.42. The molecule has 4 aromatic carbocycles. The van der Waals surface area contributed by atoms with E-state index in [0.29, 0.717) is 0 Å². The third-order valence-electron chi connectivity index (χ3n) is 4.54. The van der Waals surface area contributed by atoms with Crippen molar-refractivity contribution >= 4 is 58.2 Å². The number of halogens is 1. The molecule has 0 N–H and O–H groups in total. The molecule has 0 fully saturated rings. The second kappa shape index (κ2) is 5.44. The molecule has 2 heteroatoms. The minimum atomic E-state index is 1.11. The van der Waals surface area contributed by atoms with Gasteiger partial charge in [0, 0.05) is 30.0 Å². The number of benzene rings is 4. The normalized spacial score (nSPS) is 11.5. The summed E-state index contributed by atoms with van der Waals surface area (Å²) in [6, 6.07) is 28.4. The summed E-state index contributed by atoms with van der Waals surface area (Å²) < 4.78 is 3.84. The molecular weight excluding hydrogens is 376 g/mol. The van der Waals surface area contributed by atoms with Crippen LogP contribution in [0, 0.1) is 0 Å². The van der Waals surface area contributed by atoms with Crippen LogP contribution in [0.15, 0.2) is 83.3 Å². The Hall–Kier alpha value is -2.16. The summed E-state index contributed by atoms with van der Waals surface area (Å²) in [6.07, 6.45) is 0. The molecule has 0 spiro atoms. The maximum atomic E-state index is 3.54. The molecule has 24 heavy (non-hydrogen) atoms. The van der Waals surface area contributed by atoms with Gasteiger partial charge < -0.3 is 0 Å². The van der Waals surface area contributed by atoms with Crippen molar-refractivity contribution in [1.29, 1.82) is 0 Å². The summed E-state index contributed by atoms with van der Waals surface area (Å²) >= 11 is 5.43. The number of hydrogen-bond donors (Lipinski definition) is 0. The number of fused-ring (bicyclic) bond motifs is 5. The van der Waals surface area contributed by atoms with Crippen molar-refractivity contribution in [2.24, 2.45) is 0 Å². The molecule has 0 saturated carbocycles. The van der Waals surface area contributed by atoms with Crippen molar-refractivity contribution < 1.29 is 0 Å². The van der Waals surface area contributed by atoms with Crippen molar-refractivity contribution in [3.63, 3.8) is 0 Å². The molecule has 114 valence electrons. The van der Waals surface area contributed by atoms with Gasteiger partial charge in [0.15, 0.2) is 0 Å². The predicted octanol–water partition coefficient (Wildman–Crippen LogP) is 7.64. The summed E-state index contributed by atoms with van der Waals surface area (Å²) in [5, 5.41) is 5.36. The van der Waals surface area contributed by atoms with Gasteiger partial charge in [0.25, 0.3) is 0 Å². The molecule has 0 aliphatic heterocycles. The lowest BCUT2D eigenvalue weighted by Gasteiger charge is -2.09. The first-order valence-electron chi connectivity index (χ1n) is 7.90. The van der Waals surface area contributed by atoms with E-state index >= 15 is 0 Å². The van der Waals surface area contributed by atoms with Crippen LogP contribution in [0.1, 0.15) is 0 Å². The number of rotatable bonds is 1. The molecule has 0 amide bonds. The van der Waals surface area contributed by atoms with Gasteiger partial charge in [0.2, 0.25) is 0 Å². The van der Waals surface area contributed by atoms with Gasteiger partial charge in [0.1, 0.15) is 0 Å². The molecule has 0 radical (unpaired) electrons. The molecule has 1 heterocycles. The maximum absolute atomic E-state index is 3.54. The fraction of sp³-hybridized carbons (Fsp3) is 0. The van der Waals surface area contributed by atoms with E-state index in [2.05, 4.69) is 94.8 Å². The largest absolute Gasteiger partial charge is 0.135 e. The van der Waals surface area contributed by atoms with Gasteiger partial charge in [-0.2, -0.15) is 0 Å². The zero-order valence-electron chi connectivity index (χ0n) is 12.8. The Balaban J connectivity index is 1.97. The average Bonchev–Trinajstić information content (AvgIpc) is 3.01. The van der Waals surface area contributed by atoms with Gasteiger partial charge >= 0.3 is 0 Å². The van der Waals surface area contributed by atoms with E-state index < -0.39 is 0 Å². The minimum absolute atomic E-state index is 1.11. The van der Waals surface area contributed by atoms with E-state index in [1.54, 1.807) is 0 Å². The van der Waals surface area contributed by atoms with Crippen LogP contribution in [0.4, 0.5) is 0 Å². The first-order chi connectivity index (χ1) is 11.8. The first-order valence-corrected chi connectivity index (χ1v) is 9.51. The predicted molar refractivity (Wildman–Crippen MR) is 110 cm³/mol. The monoisotopic (exact) mass is 388 g/mol. The van der Waals surface area contributed by atoms with E-state index in [9.17, 15) is 0 Å². The van der Waals surface area contributed by atoms with E-state index in [1.807, 2.05) is 11.3 Å². The fourth-order valence-corrected chi connectivity index (χ4v) is 4.90. The van der Waals surface area contributed by atoms with Gasteiger partial charge in [0.05, 0.1) is 0 Å². The van der Waals surface area contributed by atoms with Crippen molar-refractivity contribution in [3.05, 3.63) is 83.3 Å². The lowest BCUT2D eigenvalue weighted by molar-refractivity contribution is 1.63. The van der Waals surface area contributed by atoms with E-state index in [-0.39, 0.29) is 0 Å². The smallest absolute Gasteiger partial charge is 0.0434 e. The fourth-order valence-electron chi connectivity index (χ4n) is 3.42. The third-order valence-corrected chi connectivity index (χ3v) is 6.29. The zero-order chi connectivity index (χ0) is 16.1. The lowest BCUT2D eigenvalue weighted by Crippen LogP contribution is -1.82.